The average Bonchev–Trinajstić information content (AvgIpc) is 2.31. The Morgan fingerprint density at radius 1 is 1.35 bits per heavy atom. The normalized spacial score (nSPS) is 14.6. The molecule has 2 unspecified atom stereocenters. The third-order valence-corrected chi connectivity index (χ3v) is 3.69. The molecule has 2 nitrogen and oxygen atoms in total. The molecule has 1 rings (SSSR count). The fourth-order valence-electron chi connectivity index (χ4n) is 1.82. The lowest BCUT2D eigenvalue weighted by Crippen LogP contribution is -2.38. The van der Waals surface area contributed by atoms with E-state index in [4.69, 9.17) is 29.0 Å². The summed E-state index contributed by atoms with van der Waals surface area (Å²) >= 11 is 12.0. The molecule has 0 heterocycles. The van der Waals surface area contributed by atoms with E-state index in [9.17, 15) is 0 Å². The van der Waals surface area contributed by atoms with E-state index in [0.717, 1.165) is 24.8 Å². The second-order valence-corrected chi connectivity index (χ2v) is 5.40. The molecule has 0 fully saturated rings. The van der Waals surface area contributed by atoms with Crippen molar-refractivity contribution < 1.29 is 0 Å². The second kappa shape index (κ2) is 7.22. The van der Waals surface area contributed by atoms with E-state index in [0.29, 0.717) is 16.0 Å². The quantitative estimate of drug-likeness (QED) is 0.612. The van der Waals surface area contributed by atoms with Crippen molar-refractivity contribution in [2.45, 2.75) is 39.2 Å². The number of rotatable bonds is 6. The Balaban J connectivity index is 2.67. The van der Waals surface area contributed by atoms with Gasteiger partial charge in [-0.25, -0.2) is 0 Å². The van der Waals surface area contributed by atoms with Crippen LogP contribution in [0, 0.1) is 5.92 Å². The number of hydrogen-bond donors (Lipinski definition) is 2. The zero-order valence-electron chi connectivity index (χ0n) is 10.3. The largest absolute Gasteiger partial charge is 0.271 e. The lowest BCUT2D eigenvalue weighted by Gasteiger charge is -2.20. The van der Waals surface area contributed by atoms with Crippen molar-refractivity contribution in [3.63, 3.8) is 0 Å². The topological polar surface area (TPSA) is 38.0 Å². The van der Waals surface area contributed by atoms with E-state index in [2.05, 4.69) is 19.3 Å². The molecule has 0 aliphatic rings. The summed E-state index contributed by atoms with van der Waals surface area (Å²) in [7, 11) is 0. The molecule has 0 amide bonds. The molecule has 2 atom stereocenters. The summed E-state index contributed by atoms with van der Waals surface area (Å²) in [5.41, 5.74) is 3.95. The monoisotopic (exact) mass is 274 g/mol. The maximum absolute atomic E-state index is 6.15. The van der Waals surface area contributed by atoms with Gasteiger partial charge in [-0.3, -0.25) is 11.3 Å². The van der Waals surface area contributed by atoms with Crippen molar-refractivity contribution in [2.75, 3.05) is 0 Å². The lowest BCUT2D eigenvalue weighted by atomic mass is 9.95. The summed E-state index contributed by atoms with van der Waals surface area (Å²) in [6.45, 7) is 4.42. The minimum atomic E-state index is 0.253. The SMILES string of the molecule is CCC(C)CC(Cc1ccc(Cl)cc1Cl)NN. The van der Waals surface area contributed by atoms with Crippen molar-refractivity contribution in [3.8, 4) is 0 Å². The van der Waals surface area contributed by atoms with Gasteiger partial charge in [0, 0.05) is 16.1 Å². The molecular formula is C13H20Cl2N2. The van der Waals surface area contributed by atoms with Crippen LogP contribution >= 0.6 is 23.2 Å². The van der Waals surface area contributed by atoms with Gasteiger partial charge in [-0.15, -0.1) is 0 Å². The number of benzene rings is 1. The molecule has 4 heteroatoms. The van der Waals surface area contributed by atoms with Gasteiger partial charge in [0.2, 0.25) is 0 Å². The summed E-state index contributed by atoms with van der Waals surface area (Å²) in [5, 5.41) is 1.37. The van der Waals surface area contributed by atoms with Crippen LogP contribution in [0.1, 0.15) is 32.3 Å². The summed E-state index contributed by atoms with van der Waals surface area (Å²) in [6, 6.07) is 5.85. The highest BCUT2D eigenvalue weighted by Gasteiger charge is 2.13. The first kappa shape index (κ1) is 14.8. The summed E-state index contributed by atoms with van der Waals surface area (Å²) < 4.78 is 0. The number of nitrogens with one attached hydrogen (secondary N) is 1. The number of halogens is 2. The fourth-order valence-corrected chi connectivity index (χ4v) is 2.30. The molecule has 3 N–H and O–H groups in total. The average molecular weight is 275 g/mol. The van der Waals surface area contributed by atoms with Crippen molar-refractivity contribution in [3.05, 3.63) is 33.8 Å². The number of nitrogens with two attached hydrogens (primary N) is 1. The number of hydrazine groups is 1. The Bertz CT molecular complexity index is 355. The lowest BCUT2D eigenvalue weighted by molar-refractivity contribution is 0.396. The van der Waals surface area contributed by atoms with Crippen LogP contribution in [0.25, 0.3) is 0 Å². The van der Waals surface area contributed by atoms with Gasteiger partial charge < -0.3 is 0 Å². The maximum atomic E-state index is 6.15. The van der Waals surface area contributed by atoms with E-state index in [-0.39, 0.29) is 6.04 Å². The Kier molecular flexibility index (Phi) is 6.28. The van der Waals surface area contributed by atoms with Crippen LogP contribution in [0.3, 0.4) is 0 Å². The van der Waals surface area contributed by atoms with E-state index >= 15 is 0 Å². The van der Waals surface area contributed by atoms with Gasteiger partial charge >= 0.3 is 0 Å². The first-order valence-corrected chi connectivity index (χ1v) is 6.72. The van der Waals surface area contributed by atoms with Crippen LogP contribution in [0.2, 0.25) is 10.0 Å². The molecule has 96 valence electrons. The summed E-state index contributed by atoms with van der Waals surface area (Å²) in [5.74, 6) is 6.24. The third kappa shape index (κ3) is 4.84. The standard InChI is InChI=1S/C13H20Cl2N2/c1-3-9(2)6-12(17-16)7-10-4-5-11(14)8-13(10)15/h4-5,8-9,12,17H,3,6-7,16H2,1-2H3. The zero-order valence-corrected chi connectivity index (χ0v) is 11.9. The highest BCUT2D eigenvalue weighted by Crippen LogP contribution is 2.23. The molecule has 0 saturated heterocycles. The predicted molar refractivity (Wildman–Crippen MR) is 75.3 cm³/mol. The Labute approximate surface area is 113 Å². The van der Waals surface area contributed by atoms with Gasteiger partial charge in [0.05, 0.1) is 0 Å². The van der Waals surface area contributed by atoms with Gasteiger partial charge in [0.15, 0.2) is 0 Å². The van der Waals surface area contributed by atoms with Gasteiger partial charge in [0.25, 0.3) is 0 Å². The fraction of sp³-hybridized carbons (Fsp3) is 0.538. The summed E-state index contributed by atoms with van der Waals surface area (Å²) in [4.78, 5) is 0. The van der Waals surface area contributed by atoms with Crippen LogP contribution in [-0.4, -0.2) is 6.04 Å². The van der Waals surface area contributed by atoms with Crippen LogP contribution < -0.4 is 11.3 Å². The minimum Gasteiger partial charge on any atom is -0.271 e. The molecule has 1 aromatic carbocycles. The first-order valence-electron chi connectivity index (χ1n) is 5.96. The zero-order chi connectivity index (χ0) is 12.8. The van der Waals surface area contributed by atoms with Crippen molar-refractivity contribution in [1.29, 1.82) is 0 Å². The number of hydrogen-bond acceptors (Lipinski definition) is 2. The van der Waals surface area contributed by atoms with E-state index < -0.39 is 0 Å². The van der Waals surface area contributed by atoms with Crippen molar-refractivity contribution in [1.82, 2.24) is 5.43 Å². The highest BCUT2D eigenvalue weighted by atomic mass is 35.5. The molecular weight excluding hydrogens is 255 g/mol. The van der Waals surface area contributed by atoms with Gasteiger partial charge in [0.1, 0.15) is 0 Å². The van der Waals surface area contributed by atoms with Gasteiger partial charge in [-0.1, -0.05) is 49.5 Å². The molecule has 0 aliphatic carbocycles. The Morgan fingerprint density at radius 2 is 2.06 bits per heavy atom. The smallest absolute Gasteiger partial charge is 0.0453 e. The highest BCUT2D eigenvalue weighted by molar-refractivity contribution is 6.35. The van der Waals surface area contributed by atoms with E-state index in [1.165, 1.54) is 0 Å². The molecule has 17 heavy (non-hydrogen) atoms. The minimum absolute atomic E-state index is 0.253. The second-order valence-electron chi connectivity index (χ2n) is 4.55. The van der Waals surface area contributed by atoms with Crippen LogP contribution in [-0.2, 0) is 6.42 Å². The first-order chi connectivity index (χ1) is 8.06. The van der Waals surface area contributed by atoms with Crippen LogP contribution in [0.15, 0.2) is 18.2 Å². The van der Waals surface area contributed by atoms with Crippen molar-refractivity contribution >= 4 is 23.2 Å². The molecule has 0 aromatic heterocycles. The van der Waals surface area contributed by atoms with Crippen LogP contribution in [0.4, 0.5) is 0 Å². The Morgan fingerprint density at radius 3 is 2.59 bits per heavy atom. The Hall–Kier alpha value is -0.280. The molecule has 0 saturated carbocycles. The predicted octanol–water partition coefficient (Wildman–Crippen LogP) is 3.80. The van der Waals surface area contributed by atoms with Gasteiger partial charge in [-0.05, 0) is 36.5 Å². The molecule has 0 aliphatic heterocycles. The summed E-state index contributed by atoms with van der Waals surface area (Å²) in [6.07, 6.45) is 3.04. The van der Waals surface area contributed by atoms with E-state index in [1.807, 2.05) is 12.1 Å². The molecule has 1 aromatic rings. The molecule has 0 spiro atoms. The maximum Gasteiger partial charge on any atom is 0.0453 e. The molecule has 0 radical (unpaired) electrons. The van der Waals surface area contributed by atoms with Gasteiger partial charge in [-0.2, -0.15) is 0 Å². The third-order valence-electron chi connectivity index (χ3n) is 3.10. The van der Waals surface area contributed by atoms with Crippen molar-refractivity contribution in [2.24, 2.45) is 11.8 Å². The van der Waals surface area contributed by atoms with Crippen LogP contribution in [0.5, 0.6) is 0 Å². The van der Waals surface area contributed by atoms with E-state index in [1.54, 1.807) is 6.07 Å². The molecule has 0 bridgehead atoms.